The summed E-state index contributed by atoms with van der Waals surface area (Å²) in [4.78, 5) is 35.3. The van der Waals surface area contributed by atoms with Crippen molar-refractivity contribution in [3.63, 3.8) is 0 Å². The highest BCUT2D eigenvalue weighted by molar-refractivity contribution is 5.83. The second kappa shape index (κ2) is 6.16. The average molecular weight is 330 g/mol. The Balaban J connectivity index is 1.90. The average Bonchev–Trinajstić information content (AvgIpc) is 2.91. The molecule has 0 bridgehead atoms. The van der Waals surface area contributed by atoms with Crippen LogP contribution in [0.15, 0.2) is 29.1 Å². The molecule has 1 aromatic heterocycles. The summed E-state index contributed by atoms with van der Waals surface area (Å²) in [5.41, 5.74) is 1.52. The standard InChI is InChI=1S/C17H19FN4O2/c1-10-19-14-9-22(8-13(14)16(23)20-10)17(24)15(21(2)3)11-5-4-6-12(18)7-11/h4-7,15H,8-9H2,1-3H3,(H,19,20,23). The number of nitrogens with zero attached hydrogens (tertiary/aromatic N) is 3. The van der Waals surface area contributed by atoms with Crippen molar-refractivity contribution < 1.29 is 9.18 Å². The largest absolute Gasteiger partial charge is 0.331 e. The van der Waals surface area contributed by atoms with Gasteiger partial charge >= 0.3 is 0 Å². The summed E-state index contributed by atoms with van der Waals surface area (Å²) in [7, 11) is 3.54. The lowest BCUT2D eigenvalue weighted by atomic mass is 10.0. The summed E-state index contributed by atoms with van der Waals surface area (Å²) in [5.74, 6) is -0.0337. The summed E-state index contributed by atoms with van der Waals surface area (Å²) in [6.45, 7) is 2.22. The summed E-state index contributed by atoms with van der Waals surface area (Å²) in [6, 6.07) is 5.40. The van der Waals surface area contributed by atoms with Crippen molar-refractivity contribution in [1.29, 1.82) is 0 Å². The smallest absolute Gasteiger partial charge is 0.256 e. The van der Waals surface area contributed by atoms with Crippen molar-refractivity contribution in [1.82, 2.24) is 19.8 Å². The number of amides is 1. The molecule has 2 aromatic rings. The summed E-state index contributed by atoms with van der Waals surface area (Å²) >= 11 is 0. The molecule has 0 radical (unpaired) electrons. The van der Waals surface area contributed by atoms with Gasteiger partial charge in [0, 0.05) is 0 Å². The van der Waals surface area contributed by atoms with Crippen LogP contribution in [0.25, 0.3) is 0 Å². The predicted octanol–water partition coefficient (Wildman–Crippen LogP) is 1.36. The van der Waals surface area contributed by atoms with Crippen LogP contribution < -0.4 is 5.56 Å². The van der Waals surface area contributed by atoms with E-state index in [2.05, 4.69) is 9.97 Å². The van der Waals surface area contributed by atoms with E-state index in [0.717, 1.165) is 0 Å². The molecule has 126 valence electrons. The van der Waals surface area contributed by atoms with E-state index in [1.165, 1.54) is 12.1 Å². The van der Waals surface area contributed by atoms with Crippen LogP contribution in [0, 0.1) is 12.7 Å². The van der Waals surface area contributed by atoms with Crippen LogP contribution in [0.1, 0.15) is 28.7 Å². The molecule has 3 rings (SSSR count). The van der Waals surface area contributed by atoms with Crippen molar-refractivity contribution >= 4 is 5.91 Å². The number of carbonyl (C=O) groups excluding carboxylic acids is 1. The van der Waals surface area contributed by atoms with Crippen LogP contribution in [0.5, 0.6) is 0 Å². The van der Waals surface area contributed by atoms with Gasteiger partial charge in [-0.3, -0.25) is 14.5 Å². The monoisotopic (exact) mass is 330 g/mol. The van der Waals surface area contributed by atoms with Crippen LogP contribution in [0.2, 0.25) is 0 Å². The zero-order valence-corrected chi connectivity index (χ0v) is 13.8. The molecule has 6 nitrogen and oxygen atoms in total. The van der Waals surface area contributed by atoms with E-state index in [9.17, 15) is 14.0 Å². The van der Waals surface area contributed by atoms with Gasteiger partial charge in [0.05, 0.1) is 24.3 Å². The number of hydrogen-bond acceptors (Lipinski definition) is 4. The van der Waals surface area contributed by atoms with Gasteiger partial charge in [-0.2, -0.15) is 0 Å². The van der Waals surface area contributed by atoms with Crippen molar-refractivity contribution in [2.75, 3.05) is 14.1 Å². The first-order valence-electron chi connectivity index (χ1n) is 7.66. The van der Waals surface area contributed by atoms with Gasteiger partial charge in [0.25, 0.3) is 5.56 Å². The first kappa shape index (κ1) is 16.3. The molecule has 1 amide bonds. The van der Waals surface area contributed by atoms with Crippen LogP contribution in [-0.2, 0) is 17.9 Å². The third-order valence-electron chi connectivity index (χ3n) is 4.14. The fourth-order valence-corrected chi connectivity index (χ4v) is 3.06. The van der Waals surface area contributed by atoms with Crippen LogP contribution >= 0.6 is 0 Å². The second-order valence-corrected chi connectivity index (χ2v) is 6.19. The molecule has 1 aromatic carbocycles. The van der Waals surface area contributed by atoms with Gasteiger partial charge in [-0.25, -0.2) is 9.37 Å². The zero-order chi connectivity index (χ0) is 17.4. The Morgan fingerprint density at radius 3 is 2.79 bits per heavy atom. The molecule has 0 spiro atoms. The van der Waals surface area contributed by atoms with Crippen molar-refractivity contribution in [2.24, 2.45) is 0 Å². The molecule has 0 saturated heterocycles. The van der Waals surface area contributed by atoms with E-state index in [1.807, 2.05) is 0 Å². The fraction of sp³-hybridized carbons (Fsp3) is 0.353. The minimum atomic E-state index is -0.616. The Bertz CT molecular complexity index is 847. The van der Waals surface area contributed by atoms with Crippen molar-refractivity contribution in [2.45, 2.75) is 26.1 Å². The first-order chi connectivity index (χ1) is 11.4. The number of aromatic amines is 1. The molecule has 1 aliphatic heterocycles. The van der Waals surface area contributed by atoms with Crippen LogP contribution in [0.3, 0.4) is 0 Å². The van der Waals surface area contributed by atoms with Gasteiger partial charge in [0.2, 0.25) is 5.91 Å². The lowest BCUT2D eigenvalue weighted by molar-refractivity contribution is -0.137. The van der Waals surface area contributed by atoms with E-state index >= 15 is 0 Å². The zero-order valence-electron chi connectivity index (χ0n) is 13.8. The topological polar surface area (TPSA) is 69.3 Å². The summed E-state index contributed by atoms with van der Waals surface area (Å²) < 4.78 is 13.5. The highest BCUT2D eigenvalue weighted by Gasteiger charge is 2.33. The SMILES string of the molecule is Cc1nc2c(c(=O)[nH]1)CN(C(=O)C(c1cccc(F)c1)N(C)C)C2. The number of nitrogens with one attached hydrogen (secondary N) is 1. The van der Waals surface area contributed by atoms with Gasteiger partial charge in [0.15, 0.2) is 0 Å². The van der Waals surface area contributed by atoms with E-state index < -0.39 is 6.04 Å². The minimum absolute atomic E-state index is 0.180. The lowest BCUT2D eigenvalue weighted by Gasteiger charge is -2.28. The Hall–Kier alpha value is -2.54. The Morgan fingerprint density at radius 2 is 2.12 bits per heavy atom. The minimum Gasteiger partial charge on any atom is -0.331 e. The van der Waals surface area contributed by atoms with E-state index in [0.29, 0.717) is 29.2 Å². The number of carbonyl (C=O) groups is 1. The van der Waals surface area contributed by atoms with Gasteiger partial charge in [-0.15, -0.1) is 0 Å². The number of halogens is 1. The number of H-pyrrole nitrogens is 1. The number of fused-ring (bicyclic) bond motifs is 1. The molecule has 0 saturated carbocycles. The van der Waals surface area contributed by atoms with Gasteiger partial charge in [-0.05, 0) is 38.7 Å². The number of aromatic nitrogens is 2. The predicted molar refractivity (Wildman–Crippen MR) is 86.7 cm³/mol. The maximum Gasteiger partial charge on any atom is 0.256 e. The molecule has 2 heterocycles. The Labute approximate surface area is 138 Å². The van der Waals surface area contributed by atoms with Gasteiger partial charge < -0.3 is 9.88 Å². The lowest BCUT2D eigenvalue weighted by Crippen LogP contribution is -2.38. The van der Waals surface area contributed by atoms with Crippen molar-refractivity contribution in [3.05, 3.63) is 63.1 Å². The number of benzene rings is 1. The third-order valence-corrected chi connectivity index (χ3v) is 4.14. The highest BCUT2D eigenvalue weighted by atomic mass is 19.1. The fourth-order valence-electron chi connectivity index (χ4n) is 3.06. The van der Waals surface area contributed by atoms with Crippen LogP contribution in [0.4, 0.5) is 4.39 Å². The number of aryl methyl sites for hydroxylation is 1. The number of likely N-dealkylation sites (N-methyl/N-ethyl adjacent to an activating group) is 1. The molecule has 0 fully saturated rings. The molecule has 1 unspecified atom stereocenters. The highest BCUT2D eigenvalue weighted by Crippen LogP contribution is 2.26. The quantitative estimate of drug-likeness (QED) is 0.923. The Kier molecular flexibility index (Phi) is 4.19. The number of hydrogen-bond donors (Lipinski definition) is 1. The molecular formula is C17H19FN4O2. The molecule has 24 heavy (non-hydrogen) atoms. The van der Waals surface area contributed by atoms with Crippen molar-refractivity contribution in [3.8, 4) is 0 Å². The Morgan fingerprint density at radius 1 is 1.38 bits per heavy atom. The molecule has 1 atom stereocenters. The van der Waals surface area contributed by atoms with E-state index in [-0.39, 0.29) is 23.8 Å². The van der Waals surface area contributed by atoms with E-state index in [4.69, 9.17) is 0 Å². The molecule has 1 aliphatic rings. The number of rotatable bonds is 3. The summed E-state index contributed by atoms with van der Waals surface area (Å²) in [6.07, 6.45) is 0. The molecule has 1 N–H and O–H groups in total. The third kappa shape index (κ3) is 2.94. The molecular weight excluding hydrogens is 311 g/mol. The second-order valence-electron chi connectivity index (χ2n) is 6.19. The molecule has 7 heteroatoms. The summed E-state index contributed by atoms with van der Waals surface area (Å²) in [5, 5.41) is 0. The van der Waals surface area contributed by atoms with Crippen LogP contribution in [-0.4, -0.2) is 39.8 Å². The maximum absolute atomic E-state index is 13.5. The maximum atomic E-state index is 13.5. The molecule has 0 aliphatic carbocycles. The normalized spacial score (nSPS) is 14.8. The van der Waals surface area contributed by atoms with E-state index in [1.54, 1.807) is 43.0 Å². The van der Waals surface area contributed by atoms with Gasteiger partial charge in [-0.1, -0.05) is 12.1 Å². The van der Waals surface area contributed by atoms with Gasteiger partial charge in [0.1, 0.15) is 17.7 Å². The first-order valence-corrected chi connectivity index (χ1v) is 7.66.